The van der Waals surface area contributed by atoms with Crippen molar-refractivity contribution in [1.82, 2.24) is 10.3 Å². The normalized spacial score (nSPS) is 19.9. The van der Waals surface area contributed by atoms with Crippen LogP contribution in [0.25, 0.3) is 0 Å². The molecule has 0 aliphatic heterocycles. The molecule has 2 aromatic rings. The van der Waals surface area contributed by atoms with Crippen molar-refractivity contribution in [2.45, 2.75) is 17.3 Å². The van der Waals surface area contributed by atoms with Crippen LogP contribution < -0.4 is 10.1 Å². The van der Waals surface area contributed by atoms with Gasteiger partial charge in [-0.25, -0.2) is 0 Å². The van der Waals surface area contributed by atoms with Gasteiger partial charge in [0.25, 0.3) is 5.91 Å². The molecule has 1 amide bonds. The first kappa shape index (κ1) is 14.1. The van der Waals surface area contributed by atoms with E-state index >= 15 is 0 Å². The monoisotopic (exact) mass is 346 g/mol. The molecule has 5 heteroatoms. The first-order valence-electron chi connectivity index (χ1n) is 6.71. The van der Waals surface area contributed by atoms with E-state index < -0.39 is 0 Å². The Kier molecular flexibility index (Phi) is 3.92. The minimum absolute atomic E-state index is 0.0356. The number of benzene rings is 1. The zero-order chi connectivity index (χ0) is 14.8. The fraction of sp³-hybridized carbons (Fsp3) is 0.250. The summed E-state index contributed by atoms with van der Waals surface area (Å²) >= 11 is 3.66. The number of carbonyl (C=O) groups excluding carboxylic acids is 1. The Balaban J connectivity index is 1.85. The van der Waals surface area contributed by atoms with E-state index in [0.29, 0.717) is 11.3 Å². The number of carbonyl (C=O) groups is 1. The van der Waals surface area contributed by atoms with E-state index in [1.54, 1.807) is 18.5 Å². The Morgan fingerprint density at radius 2 is 2.19 bits per heavy atom. The lowest BCUT2D eigenvalue weighted by molar-refractivity contribution is 0.0934. The molecule has 2 atom stereocenters. The van der Waals surface area contributed by atoms with Gasteiger partial charge in [0.05, 0.1) is 24.9 Å². The summed E-state index contributed by atoms with van der Waals surface area (Å²) in [6.45, 7) is 0. The Labute approximate surface area is 131 Å². The molecular weight excluding hydrogens is 332 g/mol. The predicted molar refractivity (Wildman–Crippen MR) is 83.9 cm³/mol. The zero-order valence-electron chi connectivity index (χ0n) is 11.5. The van der Waals surface area contributed by atoms with Gasteiger partial charge in [-0.2, -0.15) is 0 Å². The maximum atomic E-state index is 12.5. The zero-order valence-corrected chi connectivity index (χ0v) is 13.1. The summed E-state index contributed by atoms with van der Waals surface area (Å²) in [5.74, 6) is 0.327. The molecule has 108 valence electrons. The molecule has 0 saturated carbocycles. The van der Waals surface area contributed by atoms with Crippen molar-refractivity contribution in [3.05, 3.63) is 59.4 Å². The van der Waals surface area contributed by atoms with Crippen molar-refractivity contribution in [2.24, 2.45) is 0 Å². The van der Waals surface area contributed by atoms with Crippen molar-refractivity contribution in [3.63, 3.8) is 0 Å². The van der Waals surface area contributed by atoms with Gasteiger partial charge in [0, 0.05) is 11.0 Å². The number of rotatable bonds is 3. The number of nitrogens with one attached hydrogen (secondary N) is 1. The van der Waals surface area contributed by atoms with Gasteiger partial charge in [0.1, 0.15) is 5.75 Å². The van der Waals surface area contributed by atoms with E-state index in [1.165, 1.54) is 18.2 Å². The van der Waals surface area contributed by atoms with Crippen LogP contribution in [0.3, 0.4) is 0 Å². The van der Waals surface area contributed by atoms with Crippen molar-refractivity contribution in [1.29, 1.82) is 0 Å². The molecule has 0 bridgehead atoms. The SMILES string of the molecule is COc1cnccc1C(=O)NC1c2ccccc2CC1Br. The van der Waals surface area contributed by atoms with E-state index in [1.807, 2.05) is 12.1 Å². The highest BCUT2D eigenvalue weighted by molar-refractivity contribution is 9.09. The highest BCUT2D eigenvalue weighted by atomic mass is 79.9. The van der Waals surface area contributed by atoms with E-state index in [9.17, 15) is 4.79 Å². The van der Waals surface area contributed by atoms with Crippen LogP contribution in [0, 0.1) is 0 Å². The first-order chi connectivity index (χ1) is 10.2. The van der Waals surface area contributed by atoms with Crippen molar-refractivity contribution < 1.29 is 9.53 Å². The number of nitrogens with zero attached hydrogens (tertiary/aromatic N) is 1. The molecule has 1 aliphatic rings. The number of ether oxygens (including phenoxy) is 1. The molecule has 1 aromatic carbocycles. The Morgan fingerprint density at radius 1 is 1.38 bits per heavy atom. The van der Waals surface area contributed by atoms with Crippen LogP contribution in [-0.4, -0.2) is 22.8 Å². The molecule has 0 radical (unpaired) electrons. The molecule has 2 unspecified atom stereocenters. The van der Waals surface area contributed by atoms with Crippen LogP contribution in [-0.2, 0) is 6.42 Å². The molecule has 4 nitrogen and oxygen atoms in total. The summed E-state index contributed by atoms with van der Waals surface area (Å²) in [4.78, 5) is 16.7. The third-order valence-corrected chi connectivity index (χ3v) is 4.55. The highest BCUT2D eigenvalue weighted by Gasteiger charge is 2.32. The van der Waals surface area contributed by atoms with Crippen LogP contribution >= 0.6 is 15.9 Å². The average molecular weight is 347 g/mol. The number of hydrogen-bond acceptors (Lipinski definition) is 3. The molecule has 0 saturated heterocycles. The van der Waals surface area contributed by atoms with Gasteiger partial charge < -0.3 is 10.1 Å². The number of methoxy groups -OCH3 is 1. The predicted octanol–water partition coefficient (Wildman–Crippen LogP) is 2.88. The van der Waals surface area contributed by atoms with Gasteiger partial charge in [-0.3, -0.25) is 9.78 Å². The van der Waals surface area contributed by atoms with Crippen molar-refractivity contribution in [2.75, 3.05) is 7.11 Å². The fourth-order valence-electron chi connectivity index (χ4n) is 2.66. The lowest BCUT2D eigenvalue weighted by Crippen LogP contribution is -2.31. The second kappa shape index (κ2) is 5.85. The summed E-state index contributed by atoms with van der Waals surface area (Å²) in [7, 11) is 1.53. The maximum Gasteiger partial charge on any atom is 0.255 e. The summed E-state index contributed by atoms with van der Waals surface area (Å²) in [5, 5.41) is 3.08. The molecule has 1 heterocycles. The fourth-order valence-corrected chi connectivity index (χ4v) is 3.43. The lowest BCUT2D eigenvalue weighted by Gasteiger charge is -2.18. The minimum Gasteiger partial charge on any atom is -0.494 e. The van der Waals surface area contributed by atoms with Crippen LogP contribution in [0.1, 0.15) is 27.5 Å². The molecule has 3 rings (SSSR count). The van der Waals surface area contributed by atoms with Crippen LogP contribution in [0.4, 0.5) is 0 Å². The topological polar surface area (TPSA) is 51.2 Å². The number of fused-ring (bicyclic) bond motifs is 1. The second-order valence-corrected chi connectivity index (χ2v) is 6.12. The molecule has 0 fully saturated rings. The molecule has 1 N–H and O–H groups in total. The largest absolute Gasteiger partial charge is 0.494 e. The average Bonchev–Trinajstić information content (AvgIpc) is 2.83. The third kappa shape index (κ3) is 2.65. The standard InChI is InChI=1S/C16H15BrN2O2/c1-21-14-9-18-7-6-12(14)16(20)19-15-11-5-3-2-4-10(11)8-13(15)17/h2-7,9,13,15H,8H2,1H3,(H,19,20). The van der Waals surface area contributed by atoms with Gasteiger partial charge in [0.15, 0.2) is 0 Å². The van der Waals surface area contributed by atoms with Crippen LogP contribution in [0.15, 0.2) is 42.7 Å². The molecule has 1 aliphatic carbocycles. The number of aromatic nitrogens is 1. The number of hydrogen-bond donors (Lipinski definition) is 1. The quantitative estimate of drug-likeness (QED) is 0.869. The number of pyridine rings is 1. The number of halogens is 1. The Morgan fingerprint density at radius 3 is 3.00 bits per heavy atom. The number of alkyl halides is 1. The van der Waals surface area contributed by atoms with Gasteiger partial charge in [-0.1, -0.05) is 40.2 Å². The second-order valence-electron chi connectivity index (χ2n) is 4.95. The van der Waals surface area contributed by atoms with Gasteiger partial charge in [-0.05, 0) is 23.6 Å². The van der Waals surface area contributed by atoms with E-state index in [2.05, 4.69) is 38.4 Å². The van der Waals surface area contributed by atoms with Gasteiger partial charge in [-0.15, -0.1) is 0 Å². The maximum absolute atomic E-state index is 12.5. The summed E-state index contributed by atoms with van der Waals surface area (Å²) < 4.78 is 5.19. The van der Waals surface area contributed by atoms with Gasteiger partial charge >= 0.3 is 0 Å². The molecule has 0 spiro atoms. The third-order valence-electron chi connectivity index (χ3n) is 3.70. The Bertz CT molecular complexity index is 675. The minimum atomic E-state index is -0.152. The smallest absolute Gasteiger partial charge is 0.255 e. The van der Waals surface area contributed by atoms with Crippen molar-refractivity contribution >= 4 is 21.8 Å². The molecule has 1 aromatic heterocycles. The lowest BCUT2D eigenvalue weighted by atomic mass is 10.1. The summed E-state index contributed by atoms with van der Waals surface area (Å²) in [5.41, 5.74) is 2.93. The van der Waals surface area contributed by atoms with E-state index in [-0.39, 0.29) is 16.8 Å². The number of amides is 1. The van der Waals surface area contributed by atoms with E-state index in [0.717, 1.165) is 6.42 Å². The highest BCUT2D eigenvalue weighted by Crippen LogP contribution is 2.36. The van der Waals surface area contributed by atoms with Crippen LogP contribution in [0.5, 0.6) is 5.75 Å². The summed E-state index contributed by atoms with van der Waals surface area (Å²) in [6, 6.07) is 9.81. The first-order valence-corrected chi connectivity index (χ1v) is 7.63. The van der Waals surface area contributed by atoms with Crippen LogP contribution in [0.2, 0.25) is 0 Å². The summed E-state index contributed by atoms with van der Waals surface area (Å²) in [6.07, 6.45) is 4.05. The molecule has 21 heavy (non-hydrogen) atoms. The van der Waals surface area contributed by atoms with Crippen molar-refractivity contribution in [3.8, 4) is 5.75 Å². The van der Waals surface area contributed by atoms with E-state index in [4.69, 9.17) is 4.74 Å². The van der Waals surface area contributed by atoms with Gasteiger partial charge in [0.2, 0.25) is 0 Å². The Hall–Kier alpha value is -1.88. The molecular formula is C16H15BrN2O2.